The molecule has 64 heavy (non-hydrogen) atoms. The van der Waals surface area contributed by atoms with Crippen molar-refractivity contribution in [1.29, 1.82) is 0 Å². The summed E-state index contributed by atoms with van der Waals surface area (Å²) in [6, 6.07) is 0. The highest BCUT2D eigenvalue weighted by molar-refractivity contribution is 5.76. The van der Waals surface area contributed by atoms with Crippen molar-refractivity contribution in [3.8, 4) is 0 Å². The fraction of sp³-hybridized carbons (Fsp3) is 0.915. The second-order valence-electron chi connectivity index (χ2n) is 23.0. The van der Waals surface area contributed by atoms with E-state index in [2.05, 4.69) is 54.5 Å². The van der Waals surface area contributed by atoms with Crippen LogP contribution in [0.1, 0.15) is 120 Å². The highest BCUT2D eigenvalue weighted by Crippen LogP contribution is 2.76. The van der Waals surface area contributed by atoms with Gasteiger partial charge in [-0.3, -0.25) is 4.79 Å². The number of aliphatic carboxylic acids is 2. The maximum absolute atomic E-state index is 13.1. The zero-order chi connectivity index (χ0) is 46.9. The van der Waals surface area contributed by atoms with Crippen LogP contribution in [0.15, 0.2) is 11.6 Å². The van der Waals surface area contributed by atoms with Crippen molar-refractivity contribution < 1.29 is 84.0 Å². The zero-order valence-corrected chi connectivity index (χ0v) is 38.5. The molecule has 22 atom stereocenters. The minimum atomic E-state index is -1.89. The lowest BCUT2D eigenvalue weighted by atomic mass is 9.33. The van der Waals surface area contributed by atoms with Gasteiger partial charge >= 0.3 is 11.9 Å². The van der Waals surface area contributed by atoms with Gasteiger partial charge in [0.1, 0.15) is 54.9 Å². The molecule has 7 fully saturated rings. The summed E-state index contributed by atoms with van der Waals surface area (Å²) in [5.74, 6) is -1.66. The number of carboxylic acid groups (broad SMARTS) is 2. The van der Waals surface area contributed by atoms with Crippen LogP contribution in [0.3, 0.4) is 0 Å². The summed E-state index contributed by atoms with van der Waals surface area (Å²) in [5, 5.41) is 96.5. The van der Waals surface area contributed by atoms with Gasteiger partial charge in [-0.2, -0.15) is 0 Å². The van der Waals surface area contributed by atoms with Gasteiger partial charge in [-0.25, -0.2) is 4.79 Å². The highest BCUT2D eigenvalue weighted by Gasteiger charge is 2.70. The molecule has 9 N–H and O–H groups in total. The summed E-state index contributed by atoms with van der Waals surface area (Å²) in [6.07, 6.45) is -12.5. The fourth-order valence-corrected chi connectivity index (χ4v) is 14.8. The molecule has 0 spiro atoms. The second-order valence-corrected chi connectivity index (χ2v) is 23.0. The molecule has 0 aromatic heterocycles. The Labute approximate surface area is 375 Å². The van der Waals surface area contributed by atoms with Crippen molar-refractivity contribution in [2.24, 2.45) is 50.2 Å². The molecule has 4 saturated carbocycles. The number of rotatable bonds is 8. The van der Waals surface area contributed by atoms with E-state index in [9.17, 15) is 55.5 Å². The van der Waals surface area contributed by atoms with E-state index in [1.54, 1.807) is 0 Å². The highest BCUT2D eigenvalue weighted by atomic mass is 16.8. The first-order valence-electron chi connectivity index (χ1n) is 23.6. The van der Waals surface area contributed by atoms with Crippen LogP contribution in [0.2, 0.25) is 0 Å². The van der Waals surface area contributed by atoms with Crippen LogP contribution in [0.25, 0.3) is 0 Å². The van der Waals surface area contributed by atoms with Gasteiger partial charge in [0, 0.05) is 0 Å². The monoisotopic (exact) mass is 910 g/mol. The Morgan fingerprint density at radius 2 is 1.31 bits per heavy atom. The maximum Gasteiger partial charge on any atom is 0.335 e. The number of hydrogen-bond donors (Lipinski definition) is 9. The van der Waals surface area contributed by atoms with Gasteiger partial charge in [0.15, 0.2) is 25.0 Å². The molecule has 3 saturated heterocycles. The molecule has 3 aliphatic heterocycles. The van der Waals surface area contributed by atoms with E-state index in [-0.39, 0.29) is 33.5 Å². The number of aliphatic hydroxyl groups excluding tert-OH is 7. The average Bonchev–Trinajstić information content (AvgIpc) is 3.22. The molecular weight excluding hydrogens is 837 g/mol. The summed E-state index contributed by atoms with van der Waals surface area (Å²) in [4.78, 5) is 25.8. The van der Waals surface area contributed by atoms with E-state index in [0.717, 1.165) is 44.9 Å². The molecule has 0 aromatic rings. The summed E-state index contributed by atoms with van der Waals surface area (Å²) in [5.41, 5.74) is -0.0600. The van der Waals surface area contributed by atoms with Crippen LogP contribution in [0.5, 0.6) is 0 Å². The number of aliphatic hydroxyl groups is 7. The van der Waals surface area contributed by atoms with Crippen LogP contribution in [-0.4, -0.2) is 157 Å². The van der Waals surface area contributed by atoms with Gasteiger partial charge in [-0.1, -0.05) is 60.1 Å². The Morgan fingerprint density at radius 1 is 0.672 bits per heavy atom. The van der Waals surface area contributed by atoms with Crippen molar-refractivity contribution in [3.05, 3.63) is 11.6 Å². The molecule has 0 bridgehead atoms. The Morgan fingerprint density at radius 3 is 1.98 bits per heavy atom. The first kappa shape index (κ1) is 48.6. The lowest BCUT2D eigenvalue weighted by Crippen LogP contribution is -2.67. The summed E-state index contributed by atoms with van der Waals surface area (Å²) in [6.45, 7) is 17.1. The number of carbonyl (C=O) groups is 2. The van der Waals surface area contributed by atoms with Crippen LogP contribution in [-0.2, 0) is 38.0 Å². The molecule has 0 amide bonds. The van der Waals surface area contributed by atoms with Crippen molar-refractivity contribution in [3.63, 3.8) is 0 Å². The van der Waals surface area contributed by atoms with Gasteiger partial charge in [0.05, 0.1) is 24.2 Å². The lowest BCUT2D eigenvalue weighted by Gasteiger charge is -2.71. The van der Waals surface area contributed by atoms with E-state index in [0.29, 0.717) is 25.2 Å². The van der Waals surface area contributed by atoms with Crippen LogP contribution in [0, 0.1) is 50.2 Å². The number of hydrogen-bond acceptors (Lipinski definition) is 15. The van der Waals surface area contributed by atoms with Crippen molar-refractivity contribution in [1.82, 2.24) is 0 Å². The molecule has 0 radical (unpaired) electrons. The fourth-order valence-electron chi connectivity index (χ4n) is 14.8. The molecular formula is C47H74O17. The van der Waals surface area contributed by atoms with Crippen molar-refractivity contribution in [2.75, 3.05) is 6.61 Å². The Balaban J connectivity index is 0.944. The lowest BCUT2D eigenvalue weighted by molar-refractivity contribution is -0.366. The van der Waals surface area contributed by atoms with E-state index in [4.69, 9.17) is 28.4 Å². The Bertz CT molecular complexity index is 1810. The molecule has 3 heterocycles. The minimum Gasteiger partial charge on any atom is -0.481 e. The first-order valence-corrected chi connectivity index (χ1v) is 23.6. The second kappa shape index (κ2) is 16.7. The summed E-state index contributed by atoms with van der Waals surface area (Å²) < 4.78 is 34.8. The SMILES string of the molecule is C[C@@H]1O[C@@H](O[C@@H]2CO[C@@H](O[C@H]3[C@H](O)[C@@H](O)[C@H](O[C@H]4CC[C@]5(C)[C@H]6CC=C7[C@H]8CC(C)(C)CC[C@]8(C(=O)O)CC[C@@]7(C)[C@]6(C)CC[C@H]5C4(C)C)O[C@@H]3C(=O)O)[C@H](O)[C@H]2O)[C@H](O)[C@H](O)[C@H]1O. The third kappa shape index (κ3) is 7.45. The van der Waals surface area contributed by atoms with Gasteiger partial charge in [-0.05, 0) is 116 Å². The summed E-state index contributed by atoms with van der Waals surface area (Å²) in [7, 11) is 0. The van der Waals surface area contributed by atoms with Crippen molar-refractivity contribution >= 4 is 11.9 Å². The predicted molar refractivity (Wildman–Crippen MR) is 224 cm³/mol. The third-order valence-electron chi connectivity index (χ3n) is 18.9. The van der Waals surface area contributed by atoms with E-state index < -0.39 is 121 Å². The number of allylic oxidation sites excluding steroid dienone is 2. The molecule has 0 aromatic carbocycles. The number of fused-ring (bicyclic) bond motifs is 7. The molecule has 8 rings (SSSR count). The number of carboxylic acids is 2. The first-order chi connectivity index (χ1) is 29.7. The zero-order valence-electron chi connectivity index (χ0n) is 38.5. The average molecular weight is 911 g/mol. The van der Waals surface area contributed by atoms with Crippen LogP contribution in [0.4, 0.5) is 0 Å². The van der Waals surface area contributed by atoms with Crippen LogP contribution >= 0.6 is 0 Å². The largest absolute Gasteiger partial charge is 0.481 e. The predicted octanol–water partition coefficient (Wildman–Crippen LogP) is 2.47. The minimum absolute atomic E-state index is 0.0161. The van der Waals surface area contributed by atoms with Gasteiger partial charge in [-0.15, -0.1) is 0 Å². The van der Waals surface area contributed by atoms with Gasteiger partial charge in [0.2, 0.25) is 0 Å². The molecule has 0 unspecified atom stereocenters. The maximum atomic E-state index is 13.1. The summed E-state index contributed by atoms with van der Waals surface area (Å²) >= 11 is 0. The van der Waals surface area contributed by atoms with E-state index >= 15 is 0 Å². The molecule has 17 heteroatoms. The standard InChI is InChI=1S/C47H74O17/c1-21-28(48)30(50)33(53)39(60-21)61-24-20-59-38(32(52)29(24)49)63-35-31(51)34(54)40(64-36(35)37(55)56)62-27-12-13-44(6)25(43(27,4)5)11-14-46(8)26(44)10-9-22-23-19-42(2,3)15-17-47(23,41(57)58)18-16-45(22,46)7/h9,21,23-36,38-40,48-54H,10-20H2,1-8H3,(H,55,56)(H,57,58)/t21-,23+,24+,25-,26+,27-,28-,29-,30+,31+,32+,33+,34+,35-,36-,38-,39-,40+,44-,45+,46+,47-/m0/s1. The molecule has 5 aliphatic carbocycles. The van der Waals surface area contributed by atoms with Gasteiger partial charge < -0.3 is 74.4 Å². The van der Waals surface area contributed by atoms with Crippen LogP contribution < -0.4 is 0 Å². The van der Waals surface area contributed by atoms with Gasteiger partial charge in [0.25, 0.3) is 0 Å². The Kier molecular flexibility index (Phi) is 12.7. The van der Waals surface area contributed by atoms with Crippen molar-refractivity contribution in [2.45, 2.75) is 212 Å². The topological polar surface area (TPSA) is 272 Å². The van der Waals surface area contributed by atoms with E-state index in [1.165, 1.54) is 12.5 Å². The quantitative estimate of drug-likeness (QED) is 0.125. The smallest absolute Gasteiger partial charge is 0.335 e. The number of ether oxygens (including phenoxy) is 6. The van der Waals surface area contributed by atoms with E-state index in [1.807, 2.05) is 0 Å². The molecule has 8 aliphatic rings. The third-order valence-corrected chi connectivity index (χ3v) is 18.9. The normalized spacial score (nSPS) is 53.4. The molecule has 364 valence electrons. The molecule has 17 nitrogen and oxygen atoms in total. The Hall–Kier alpha value is -1.84.